The third-order valence-corrected chi connectivity index (χ3v) is 2.16. The highest BCUT2D eigenvalue weighted by Gasteiger charge is 2.27. The van der Waals surface area contributed by atoms with E-state index in [1.54, 1.807) is 0 Å². The summed E-state index contributed by atoms with van der Waals surface area (Å²) < 4.78 is 45.7. The largest absolute Gasteiger partial charge is 0.466 e. The van der Waals surface area contributed by atoms with Gasteiger partial charge >= 0.3 is 6.18 Å². The normalized spacial score (nSPS) is 12.0. The van der Waals surface area contributed by atoms with Gasteiger partial charge in [0.25, 0.3) is 5.89 Å². The lowest BCUT2D eigenvalue weighted by Crippen LogP contribution is -2.09. The number of alkyl halides is 3. The van der Waals surface area contributed by atoms with Crippen molar-refractivity contribution in [2.75, 3.05) is 0 Å². The van der Waals surface area contributed by atoms with Crippen LogP contribution in [0, 0.1) is 0 Å². The second-order valence-corrected chi connectivity index (χ2v) is 3.59. The lowest BCUT2D eigenvalue weighted by Gasteiger charge is -2.01. The van der Waals surface area contributed by atoms with Crippen LogP contribution in [0.1, 0.15) is 18.0 Å². The van der Waals surface area contributed by atoms with Gasteiger partial charge in [0.05, 0.1) is 12.0 Å². The monoisotopic (exact) mass is 262 g/mol. The van der Waals surface area contributed by atoms with Gasteiger partial charge in [-0.25, -0.2) is 0 Å². The van der Waals surface area contributed by atoms with E-state index in [1.165, 1.54) is 12.3 Å². The molecule has 0 aliphatic heterocycles. The molecule has 0 bridgehead atoms. The first-order chi connectivity index (χ1) is 8.48. The molecular formula is C10H9F3N2O3. The SMILES string of the molecule is OCc1cc(-c2nc(CCC(F)(F)F)no2)co1. The Morgan fingerprint density at radius 3 is 2.72 bits per heavy atom. The number of aromatic nitrogens is 2. The molecule has 0 aliphatic carbocycles. The second-order valence-electron chi connectivity index (χ2n) is 3.59. The molecule has 98 valence electrons. The van der Waals surface area contributed by atoms with E-state index >= 15 is 0 Å². The van der Waals surface area contributed by atoms with E-state index in [2.05, 4.69) is 10.1 Å². The summed E-state index contributed by atoms with van der Waals surface area (Å²) in [5.74, 6) is 0.352. The summed E-state index contributed by atoms with van der Waals surface area (Å²) in [6, 6.07) is 1.47. The quantitative estimate of drug-likeness (QED) is 0.915. The Bertz CT molecular complexity index is 518. The van der Waals surface area contributed by atoms with Crippen molar-refractivity contribution in [2.24, 2.45) is 0 Å². The van der Waals surface area contributed by atoms with Gasteiger partial charge in [-0.1, -0.05) is 5.16 Å². The molecule has 2 aromatic rings. The third kappa shape index (κ3) is 3.10. The molecule has 0 aromatic carbocycles. The van der Waals surface area contributed by atoms with Crippen molar-refractivity contribution in [3.8, 4) is 11.5 Å². The Hall–Kier alpha value is -1.83. The molecule has 8 heteroatoms. The van der Waals surface area contributed by atoms with E-state index in [9.17, 15) is 13.2 Å². The number of aliphatic hydroxyl groups excluding tert-OH is 1. The summed E-state index contributed by atoms with van der Waals surface area (Å²) in [5, 5.41) is 12.2. The summed E-state index contributed by atoms with van der Waals surface area (Å²) in [6.45, 7) is -0.283. The van der Waals surface area contributed by atoms with Crippen LogP contribution in [0.3, 0.4) is 0 Å². The first-order valence-electron chi connectivity index (χ1n) is 5.06. The minimum absolute atomic E-state index is 0.0194. The molecule has 2 aromatic heterocycles. The lowest BCUT2D eigenvalue weighted by molar-refractivity contribution is -0.134. The maximum atomic E-state index is 12.0. The number of hydrogen-bond acceptors (Lipinski definition) is 5. The summed E-state index contributed by atoms with van der Waals surface area (Å²) in [4.78, 5) is 3.81. The van der Waals surface area contributed by atoms with Crippen molar-refractivity contribution in [1.82, 2.24) is 10.1 Å². The van der Waals surface area contributed by atoms with Crippen LogP contribution in [0.15, 0.2) is 21.3 Å². The molecule has 0 aliphatic rings. The van der Waals surface area contributed by atoms with Gasteiger partial charge in [-0.15, -0.1) is 0 Å². The molecule has 0 amide bonds. The number of rotatable bonds is 4. The van der Waals surface area contributed by atoms with Gasteiger partial charge in [0.2, 0.25) is 0 Å². The van der Waals surface area contributed by atoms with Crippen molar-refractivity contribution in [2.45, 2.75) is 25.6 Å². The summed E-state index contributed by atoms with van der Waals surface area (Å²) in [5.41, 5.74) is 0.421. The van der Waals surface area contributed by atoms with E-state index in [1.807, 2.05) is 0 Å². The van der Waals surface area contributed by atoms with E-state index in [0.717, 1.165) is 0 Å². The van der Waals surface area contributed by atoms with Crippen molar-refractivity contribution in [3.05, 3.63) is 23.9 Å². The Morgan fingerprint density at radius 1 is 1.33 bits per heavy atom. The molecule has 0 saturated heterocycles. The molecule has 0 atom stereocenters. The van der Waals surface area contributed by atoms with Crippen molar-refractivity contribution in [1.29, 1.82) is 0 Å². The Labute approximate surface area is 99.2 Å². The molecule has 0 spiro atoms. The molecule has 0 fully saturated rings. The predicted molar refractivity (Wildman–Crippen MR) is 52.3 cm³/mol. The number of aryl methyl sites for hydroxylation is 1. The smallest absolute Gasteiger partial charge is 0.389 e. The van der Waals surface area contributed by atoms with Gasteiger partial charge in [-0.05, 0) is 6.07 Å². The average Bonchev–Trinajstić information content (AvgIpc) is 2.94. The highest BCUT2D eigenvalue weighted by molar-refractivity contribution is 5.51. The van der Waals surface area contributed by atoms with Crippen LogP contribution in [-0.4, -0.2) is 21.4 Å². The molecule has 0 unspecified atom stereocenters. The highest BCUT2D eigenvalue weighted by atomic mass is 19.4. The van der Waals surface area contributed by atoms with Crippen LogP contribution in [0.25, 0.3) is 11.5 Å². The van der Waals surface area contributed by atoms with E-state index < -0.39 is 12.6 Å². The van der Waals surface area contributed by atoms with Gasteiger partial charge in [-0.2, -0.15) is 18.2 Å². The van der Waals surface area contributed by atoms with Gasteiger partial charge in [0, 0.05) is 6.42 Å². The molecule has 5 nitrogen and oxygen atoms in total. The molecule has 0 radical (unpaired) electrons. The van der Waals surface area contributed by atoms with Crippen molar-refractivity contribution in [3.63, 3.8) is 0 Å². The number of halogens is 3. The minimum atomic E-state index is -4.25. The lowest BCUT2D eigenvalue weighted by atomic mass is 10.3. The molecule has 18 heavy (non-hydrogen) atoms. The van der Waals surface area contributed by atoms with Crippen LogP contribution in [-0.2, 0) is 13.0 Å². The van der Waals surface area contributed by atoms with Crippen LogP contribution in [0.4, 0.5) is 13.2 Å². The standard InChI is InChI=1S/C10H9F3N2O3/c11-10(12,13)2-1-8-14-9(18-15-8)6-3-7(4-16)17-5-6/h3,5,16H,1-2,4H2. The fourth-order valence-corrected chi connectivity index (χ4v) is 1.30. The number of aliphatic hydroxyl groups is 1. The zero-order chi connectivity index (χ0) is 13.2. The Kier molecular flexibility index (Phi) is 3.37. The van der Waals surface area contributed by atoms with Gasteiger partial charge < -0.3 is 14.0 Å². The van der Waals surface area contributed by atoms with Gasteiger partial charge in [-0.3, -0.25) is 0 Å². The summed E-state index contributed by atoms with van der Waals surface area (Å²) >= 11 is 0. The van der Waals surface area contributed by atoms with Crippen LogP contribution < -0.4 is 0 Å². The highest BCUT2D eigenvalue weighted by Crippen LogP contribution is 2.23. The third-order valence-electron chi connectivity index (χ3n) is 2.16. The molecular weight excluding hydrogens is 253 g/mol. The topological polar surface area (TPSA) is 72.3 Å². The van der Waals surface area contributed by atoms with Crippen molar-refractivity contribution >= 4 is 0 Å². The van der Waals surface area contributed by atoms with Crippen LogP contribution in [0.2, 0.25) is 0 Å². The zero-order valence-electron chi connectivity index (χ0n) is 9.07. The van der Waals surface area contributed by atoms with E-state index in [4.69, 9.17) is 14.0 Å². The van der Waals surface area contributed by atoms with E-state index in [-0.39, 0.29) is 24.7 Å². The Morgan fingerprint density at radius 2 is 2.11 bits per heavy atom. The van der Waals surface area contributed by atoms with Crippen LogP contribution in [0.5, 0.6) is 0 Å². The van der Waals surface area contributed by atoms with Gasteiger partial charge in [0.15, 0.2) is 5.82 Å². The first-order valence-corrected chi connectivity index (χ1v) is 5.06. The molecule has 2 heterocycles. The maximum absolute atomic E-state index is 12.0. The van der Waals surface area contributed by atoms with Crippen LogP contribution >= 0.6 is 0 Å². The number of nitrogens with zero attached hydrogens (tertiary/aromatic N) is 2. The molecule has 0 saturated carbocycles. The van der Waals surface area contributed by atoms with E-state index in [0.29, 0.717) is 11.3 Å². The summed E-state index contributed by atoms with van der Waals surface area (Å²) in [6.07, 6.45) is -4.30. The summed E-state index contributed by atoms with van der Waals surface area (Å²) in [7, 11) is 0. The van der Waals surface area contributed by atoms with Crippen molar-refractivity contribution < 1.29 is 27.2 Å². The van der Waals surface area contributed by atoms with Gasteiger partial charge in [0.1, 0.15) is 18.6 Å². The molecule has 2 rings (SSSR count). The second kappa shape index (κ2) is 4.81. The average molecular weight is 262 g/mol. The minimum Gasteiger partial charge on any atom is -0.466 e. The zero-order valence-corrected chi connectivity index (χ0v) is 9.07. The predicted octanol–water partition coefficient (Wildman–Crippen LogP) is 2.32. The maximum Gasteiger partial charge on any atom is 0.389 e. The fourth-order valence-electron chi connectivity index (χ4n) is 1.30. The fraction of sp³-hybridized carbons (Fsp3) is 0.400. The number of hydrogen-bond donors (Lipinski definition) is 1. The Balaban J connectivity index is 2.06. The molecule has 1 N–H and O–H groups in total. The first kappa shape index (κ1) is 12.6. The number of furan rings is 1.